The molecular formula is C35H35ClN2O2. The van der Waals surface area contributed by atoms with Gasteiger partial charge in [0.05, 0.1) is 11.4 Å². The van der Waals surface area contributed by atoms with Crippen LogP contribution in [0.3, 0.4) is 0 Å². The highest BCUT2D eigenvalue weighted by molar-refractivity contribution is 6.17. The number of nitrogens with one attached hydrogen (secondary N) is 2. The summed E-state index contributed by atoms with van der Waals surface area (Å²) in [6, 6.07) is 12.7. The summed E-state index contributed by atoms with van der Waals surface area (Å²) < 4.78 is 0. The Bertz CT molecular complexity index is 1650. The van der Waals surface area contributed by atoms with Crippen molar-refractivity contribution in [1.82, 2.24) is 9.97 Å². The van der Waals surface area contributed by atoms with E-state index in [9.17, 15) is 9.59 Å². The Labute approximate surface area is 239 Å². The molecule has 0 atom stereocenters. The number of pyridine rings is 2. The Kier molecular flexibility index (Phi) is 6.54. The molecule has 0 unspecified atom stereocenters. The number of H-pyrrole nitrogens is 2. The molecule has 4 aliphatic carbocycles. The van der Waals surface area contributed by atoms with Crippen molar-refractivity contribution in [3.8, 4) is 22.5 Å². The highest BCUT2D eigenvalue weighted by Crippen LogP contribution is 2.41. The van der Waals surface area contributed by atoms with Crippen LogP contribution in [0.4, 0.5) is 0 Å². The van der Waals surface area contributed by atoms with Crippen molar-refractivity contribution >= 4 is 11.6 Å². The lowest BCUT2D eigenvalue weighted by Gasteiger charge is -2.18. The molecule has 0 spiro atoms. The zero-order chi connectivity index (χ0) is 27.4. The molecule has 0 radical (unpaired) electrons. The Hall–Kier alpha value is -3.37. The fraction of sp³-hybridized carbons (Fsp3) is 0.371. The van der Waals surface area contributed by atoms with Gasteiger partial charge >= 0.3 is 0 Å². The van der Waals surface area contributed by atoms with Gasteiger partial charge in [0.25, 0.3) is 11.1 Å². The Morgan fingerprint density at radius 1 is 0.600 bits per heavy atom. The van der Waals surface area contributed by atoms with Crippen LogP contribution in [0, 0.1) is 0 Å². The third-order valence-corrected chi connectivity index (χ3v) is 9.90. The van der Waals surface area contributed by atoms with Gasteiger partial charge in [-0.2, -0.15) is 0 Å². The second-order valence-corrected chi connectivity index (χ2v) is 11.9. The minimum atomic E-state index is 0.113. The number of alkyl halides is 1. The first-order chi connectivity index (χ1) is 19.6. The number of benzene rings is 2. The first-order valence-electron chi connectivity index (χ1n) is 14.9. The molecule has 4 aromatic rings. The van der Waals surface area contributed by atoms with Crippen molar-refractivity contribution in [3.05, 3.63) is 113 Å². The van der Waals surface area contributed by atoms with Crippen LogP contribution < -0.4 is 11.1 Å². The van der Waals surface area contributed by atoms with Crippen LogP contribution in [0.25, 0.3) is 22.5 Å². The molecule has 0 aliphatic heterocycles. The summed E-state index contributed by atoms with van der Waals surface area (Å²) in [6.45, 7) is 2.21. The van der Waals surface area contributed by atoms with Gasteiger partial charge < -0.3 is 9.97 Å². The summed E-state index contributed by atoms with van der Waals surface area (Å²) in [5, 5.41) is 0. The molecule has 0 saturated carbocycles. The van der Waals surface area contributed by atoms with Gasteiger partial charge in [0, 0.05) is 41.0 Å². The molecule has 0 saturated heterocycles. The predicted octanol–water partition coefficient (Wildman–Crippen LogP) is 6.95. The second kappa shape index (κ2) is 10.2. The van der Waals surface area contributed by atoms with Gasteiger partial charge in [-0.15, -0.1) is 11.6 Å². The lowest BCUT2D eigenvalue weighted by atomic mass is 9.88. The number of aryl methyl sites for hydroxylation is 1. The number of aromatic nitrogens is 2. The van der Waals surface area contributed by atoms with Crippen LogP contribution in [0.5, 0.6) is 0 Å². The number of rotatable bonds is 2. The van der Waals surface area contributed by atoms with E-state index < -0.39 is 0 Å². The second-order valence-electron chi connectivity index (χ2n) is 11.7. The van der Waals surface area contributed by atoms with Crippen LogP contribution >= 0.6 is 11.6 Å². The minimum Gasteiger partial charge on any atom is -0.321 e. The number of aromatic amines is 2. The van der Waals surface area contributed by atoms with E-state index in [-0.39, 0.29) is 11.1 Å². The van der Waals surface area contributed by atoms with Crippen LogP contribution in [0.15, 0.2) is 46.0 Å². The van der Waals surface area contributed by atoms with Crippen LogP contribution in [0.2, 0.25) is 0 Å². The molecule has 4 nitrogen and oxygen atoms in total. The maximum atomic E-state index is 12.3. The summed E-state index contributed by atoms with van der Waals surface area (Å²) in [4.78, 5) is 30.9. The van der Waals surface area contributed by atoms with Crippen LogP contribution in [-0.2, 0) is 50.8 Å². The van der Waals surface area contributed by atoms with Gasteiger partial charge in [0.1, 0.15) is 0 Å². The molecular weight excluding hydrogens is 516 g/mol. The average Bonchev–Trinajstić information content (AvgIpc) is 3.57. The lowest BCUT2D eigenvalue weighted by Crippen LogP contribution is -2.21. The van der Waals surface area contributed by atoms with E-state index in [1.807, 2.05) is 6.07 Å². The summed E-state index contributed by atoms with van der Waals surface area (Å²) >= 11 is 6.06. The first-order valence-corrected chi connectivity index (χ1v) is 15.4. The topological polar surface area (TPSA) is 65.7 Å². The summed E-state index contributed by atoms with van der Waals surface area (Å²) in [5.41, 5.74) is 17.6. The maximum Gasteiger partial charge on any atom is 0.251 e. The molecule has 5 heteroatoms. The van der Waals surface area contributed by atoms with Crippen molar-refractivity contribution < 1.29 is 0 Å². The molecule has 0 amide bonds. The van der Waals surface area contributed by atoms with Gasteiger partial charge in [0.15, 0.2) is 0 Å². The monoisotopic (exact) mass is 550 g/mol. The van der Waals surface area contributed by atoms with Gasteiger partial charge in [-0.3, -0.25) is 9.59 Å². The Balaban J connectivity index is 0.000000132. The lowest BCUT2D eigenvalue weighted by molar-refractivity contribution is 0.672. The molecule has 8 rings (SSSR count). The third kappa shape index (κ3) is 4.03. The van der Waals surface area contributed by atoms with E-state index in [1.54, 1.807) is 0 Å². The van der Waals surface area contributed by atoms with E-state index in [1.165, 1.54) is 68.5 Å². The van der Waals surface area contributed by atoms with Crippen molar-refractivity contribution in [1.29, 1.82) is 0 Å². The predicted molar refractivity (Wildman–Crippen MR) is 163 cm³/mol. The average molecular weight is 551 g/mol. The van der Waals surface area contributed by atoms with Gasteiger partial charge in [-0.1, -0.05) is 43.3 Å². The summed E-state index contributed by atoms with van der Waals surface area (Å²) in [5.74, 6) is 0.531. The largest absolute Gasteiger partial charge is 0.321 e. The zero-order valence-corrected chi connectivity index (χ0v) is 23.9. The van der Waals surface area contributed by atoms with Gasteiger partial charge in [0.2, 0.25) is 0 Å². The van der Waals surface area contributed by atoms with Crippen molar-refractivity contribution in [3.63, 3.8) is 0 Å². The number of fused-ring (bicyclic) bond motifs is 10. The molecule has 2 heterocycles. The van der Waals surface area contributed by atoms with Crippen molar-refractivity contribution in [2.75, 3.05) is 0 Å². The number of hydrogen-bond donors (Lipinski definition) is 2. The highest BCUT2D eigenvalue weighted by Gasteiger charge is 2.29. The van der Waals surface area contributed by atoms with E-state index in [0.717, 1.165) is 80.3 Å². The molecule has 2 N–H and O–H groups in total. The number of halogens is 1. The minimum absolute atomic E-state index is 0.113. The fourth-order valence-electron chi connectivity index (χ4n) is 7.62. The molecule has 40 heavy (non-hydrogen) atoms. The molecule has 2 aromatic carbocycles. The maximum absolute atomic E-state index is 12.3. The Morgan fingerprint density at radius 2 is 1.05 bits per heavy atom. The fourth-order valence-corrected chi connectivity index (χ4v) is 7.87. The molecule has 2 aromatic heterocycles. The highest BCUT2D eigenvalue weighted by atomic mass is 35.5. The molecule has 0 fully saturated rings. The number of hydrogen-bond acceptors (Lipinski definition) is 2. The SMILES string of the molecule is CCc1cccc2c1Cc1c-2[nH]c(=O)c2c1CCCC2.O=c1[nH]c2c(c3c1CCCC3)Cc1c(CCl)cccc1-2. The summed E-state index contributed by atoms with van der Waals surface area (Å²) in [6.07, 6.45) is 11.7. The van der Waals surface area contributed by atoms with Crippen LogP contribution in [-0.4, -0.2) is 9.97 Å². The normalized spacial score (nSPS) is 15.7. The third-order valence-electron chi connectivity index (χ3n) is 9.61. The standard InChI is InChI=1S/C18H19NO.C17H16ClNO/c1-2-11-6-5-9-13-15(11)10-16-12-7-3-4-8-14(12)18(20)19-17(13)16;18-9-10-4-3-7-12-14(10)8-15-11-5-1-2-6-13(11)17(20)19-16(12)15/h5-6,9H,2-4,7-8,10H2,1H3,(H,19,20);3-4,7H,1-2,5-6,8-9H2,(H,19,20). The molecule has 0 bridgehead atoms. The zero-order valence-electron chi connectivity index (χ0n) is 23.1. The van der Waals surface area contributed by atoms with Crippen molar-refractivity contribution in [2.24, 2.45) is 0 Å². The van der Waals surface area contributed by atoms with E-state index in [4.69, 9.17) is 11.6 Å². The van der Waals surface area contributed by atoms with Crippen LogP contribution in [0.1, 0.15) is 88.2 Å². The first kappa shape index (κ1) is 25.6. The quantitative estimate of drug-likeness (QED) is 0.229. The van der Waals surface area contributed by atoms with E-state index >= 15 is 0 Å². The Morgan fingerprint density at radius 3 is 1.52 bits per heavy atom. The van der Waals surface area contributed by atoms with E-state index in [0.29, 0.717) is 5.88 Å². The van der Waals surface area contributed by atoms with E-state index in [2.05, 4.69) is 47.2 Å². The smallest absolute Gasteiger partial charge is 0.251 e. The molecule has 204 valence electrons. The van der Waals surface area contributed by atoms with Gasteiger partial charge in [-0.25, -0.2) is 0 Å². The van der Waals surface area contributed by atoms with Crippen molar-refractivity contribution in [2.45, 2.75) is 83.4 Å². The van der Waals surface area contributed by atoms with Gasteiger partial charge in [-0.05, 0) is 102 Å². The molecule has 4 aliphatic rings. The summed E-state index contributed by atoms with van der Waals surface area (Å²) in [7, 11) is 0.